The third-order valence-electron chi connectivity index (χ3n) is 4.62. The normalized spacial score (nSPS) is 23.7. The van der Waals surface area contributed by atoms with Crippen molar-refractivity contribution in [3.05, 3.63) is 35.4 Å². The van der Waals surface area contributed by atoms with Gasteiger partial charge in [-0.1, -0.05) is 38.1 Å². The van der Waals surface area contributed by atoms with Gasteiger partial charge in [0.1, 0.15) is 0 Å². The molecule has 2 rings (SSSR count). The first-order chi connectivity index (χ1) is 9.59. The Balaban J connectivity index is 2.03. The molecule has 0 aromatic heterocycles. The van der Waals surface area contributed by atoms with Crippen LogP contribution in [0.5, 0.6) is 0 Å². The summed E-state index contributed by atoms with van der Waals surface area (Å²) in [7, 11) is 0. The van der Waals surface area contributed by atoms with Crippen LogP contribution < -0.4 is 0 Å². The molecule has 0 saturated carbocycles. The number of piperidine rings is 1. The summed E-state index contributed by atoms with van der Waals surface area (Å²) in [6, 6.07) is 8.68. The highest BCUT2D eigenvalue weighted by Crippen LogP contribution is 2.34. The van der Waals surface area contributed by atoms with Crippen molar-refractivity contribution in [3.63, 3.8) is 0 Å². The van der Waals surface area contributed by atoms with Crippen molar-refractivity contribution in [1.29, 1.82) is 0 Å². The molecule has 1 N–H and O–H groups in total. The summed E-state index contributed by atoms with van der Waals surface area (Å²) < 4.78 is 0. The van der Waals surface area contributed by atoms with Gasteiger partial charge in [-0.05, 0) is 43.4 Å². The Hall–Kier alpha value is -1.35. The van der Waals surface area contributed by atoms with E-state index in [1.165, 1.54) is 11.1 Å². The SMILES string of the molecule is CCc1ccc(CN2CCCC(CC)(C(=O)O)C2)cc1. The van der Waals surface area contributed by atoms with Gasteiger partial charge < -0.3 is 5.11 Å². The van der Waals surface area contributed by atoms with Gasteiger partial charge in [-0.2, -0.15) is 0 Å². The third kappa shape index (κ3) is 3.21. The minimum Gasteiger partial charge on any atom is -0.481 e. The van der Waals surface area contributed by atoms with E-state index in [-0.39, 0.29) is 0 Å². The number of carboxylic acid groups (broad SMARTS) is 1. The number of nitrogens with zero attached hydrogens (tertiary/aromatic N) is 1. The second-order valence-electron chi connectivity index (χ2n) is 5.92. The zero-order valence-electron chi connectivity index (χ0n) is 12.6. The molecule has 1 heterocycles. The van der Waals surface area contributed by atoms with Crippen LogP contribution in [-0.2, 0) is 17.8 Å². The molecule has 1 aromatic rings. The Bertz CT molecular complexity index is 455. The van der Waals surface area contributed by atoms with Crippen LogP contribution in [0.2, 0.25) is 0 Å². The van der Waals surface area contributed by atoms with Gasteiger partial charge in [0.15, 0.2) is 0 Å². The Morgan fingerprint density at radius 2 is 1.90 bits per heavy atom. The number of hydrogen-bond donors (Lipinski definition) is 1. The largest absolute Gasteiger partial charge is 0.481 e. The van der Waals surface area contributed by atoms with Crippen LogP contribution >= 0.6 is 0 Å². The fourth-order valence-corrected chi connectivity index (χ4v) is 3.12. The molecular weight excluding hydrogens is 250 g/mol. The maximum Gasteiger partial charge on any atom is 0.310 e. The molecule has 0 aliphatic carbocycles. The van der Waals surface area contributed by atoms with Crippen LogP contribution in [0.1, 0.15) is 44.2 Å². The first kappa shape index (κ1) is 15.0. The number of benzene rings is 1. The summed E-state index contributed by atoms with van der Waals surface area (Å²) in [5, 5.41) is 9.51. The molecule has 1 fully saturated rings. The molecule has 1 aliphatic heterocycles. The average molecular weight is 275 g/mol. The molecule has 1 aromatic carbocycles. The maximum absolute atomic E-state index is 11.6. The maximum atomic E-state index is 11.6. The van der Waals surface area contributed by atoms with Crippen LogP contribution in [0.4, 0.5) is 0 Å². The molecule has 0 radical (unpaired) electrons. The predicted molar refractivity (Wildman–Crippen MR) is 80.7 cm³/mol. The Labute approximate surface area is 121 Å². The summed E-state index contributed by atoms with van der Waals surface area (Å²) in [4.78, 5) is 13.9. The molecule has 3 nitrogen and oxygen atoms in total. The first-order valence-electron chi connectivity index (χ1n) is 7.63. The summed E-state index contributed by atoms with van der Waals surface area (Å²) >= 11 is 0. The van der Waals surface area contributed by atoms with E-state index < -0.39 is 11.4 Å². The Morgan fingerprint density at radius 3 is 2.45 bits per heavy atom. The van der Waals surface area contributed by atoms with E-state index in [1.54, 1.807) is 0 Å². The predicted octanol–water partition coefficient (Wildman–Crippen LogP) is 3.33. The number of hydrogen-bond acceptors (Lipinski definition) is 2. The topological polar surface area (TPSA) is 40.5 Å². The smallest absolute Gasteiger partial charge is 0.310 e. The van der Waals surface area contributed by atoms with E-state index in [2.05, 4.69) is 36.1 Å². The number of carboxylic acids is 1. The van der Waals surface area contributed by atoms with E-state index >= 15 is 0 Å². The summed E-state index contributed by atoms with van der Waals surface area (Å²) in [5.41, 5.74) is 2.09. The van der Waals surface area contributed by atoms with E-state index in [0.29, 0.717) is 13.0 Å². The fraction of sp³-hybridized carbons (Fsp3) is 0.588. The lowest BCUT2D eigenvalue weighted by Crippen LogP contribution is -2.47. The van der Waals surface area contributed by atoms with E-state index in [4.69, 9.17) is 0 Å². The van der Waals surface area contributed by atoms with Gasteiger partial charge in [0.2, 0.25) is 0 Å². The van der Waals surface area contributed by atoms with Crippen LogP contribution in [0.3, 0.4) is 0 Å². The number of aliphatic carboxylic acids is 1. The molecule has 20 heavy (non-hydrogen) atoms. The zero-order valence-corrected chi connectivity index (χ0v) is 12.6. The monoisotopic (exact) mass is 275 g/mol. The third-order valence-corrected chi connectivity index (χ3v) is 4.62. The highest BCUT2D eigenvalue weighted by molar-refractivity contribution is 5.75. The van der Waals surface area contributed by atoms with Gasteiger partial charge in [0, 0.05) is 13.1 Å². The van der Waals surface area contributed by atoms with Gasteiger partial charge in [0.05, 0.1) is 5.41 Å². The second-order valence-corrected chi connectivity index (χ2v) is 5.92. The van der Waals surface area contributed by atoms with E-state index in [0.717, 1.165) is 32.4 Å². The summed E-state index contributed by atoms with van der Waals surface area (Å²) in [6.07, 6.45) is 3.56. The van der Waals surface area contributed by atoms with Gasteiger partial charge in [-0.3, -0.25) is 9.69 Å². The van der Waals surface area contributed by atoms with Crippen LogP contribution in [0.25, 0.3) is 0 Å². The summed E-state index contributed by atoms with van der Waals surface area (Å²) in [6.45, 7) is 6.69. The molecular formula is C17H25NO2. The fourth-order valence-electron chi connectivity index (χ4n) is 3.12. The quantitative estimate of drug-likeness (QED) is 0.896. The Morgan fingerprint density at radius 1 is 1.25 bits per heavy atom. The minimum absolute atomic E-state index is 0.540. The molecule has 1 unspecified atom stereocenters. The lowest BCUT2D eigenvalue weighted by atomic mass is 9.77. The molecule has 0 bridgehead atoms. The van der Waals surface area contributed by atoms with E-state index in [9.17, 15) is 9.90 Å². The molecule has 1 saturated heterocycles. The zero-order chi connectivity index (χ0) is 14.6. The molecule has 0 spiro atoms. The standard InChI is InChI=1S/C17H25NO2/c1-3-14-6-8-15(9-7-14)12-18-11-5-10-17(4-2,13-18)16(19)20/h6-9H,3-5,10-13H2,1-2H3,(H,19,20). The van der Waals surface area contributed by atoms with Gasteiger partial charge in [-0.15, -0.1) is 0 Å². The highest BCUT2D eigenvalue weighted by Gasteiger charge is 2.40. The molecule has 110 valence electrons. The number of carbonyl (C=O) groups is 1. The summed E-state index contributed by atoms with van der Waals surface area (Å²) in [5.74, 6) is -0.633. The van der Waals surface area contributed by atoms with E-state index in [1.807, 2.05) is 6.92 Å². The van der Waals surface area contributed by atoms with Crippen LogP contribution in [-0.4, -0.2) is 29.1 Å². The van der Waals surface area contributed by atoms with Gasteiger partial charge in [0.25, 0.3) is 0 Å². The first-order valence-corrected chi connectivity index (χ1v) is 7.63. The second kappa shape index (κ2) is 6.40. The Kier molecular flexibility index (Phi) is 4.81. The average Bonchev–Trinajstić information content (AvgIpc) is 2.48. The lowest BCUT2D eigenvalue weighted by molar-refractivity contribution is -0.153. The van der Waals surface area contributed by atoms with Crippen LogP contribution in [0, 0.1) is 5.41 Å². The van der Waals surface area contributed by atoms with Crippen molar-refractivity contribution in [2.75, 3.05) is 13.1 Å². The molecule has 0 amide bonds. The van der Waals surface area contributed by atoms with Crippen molar-refractivity contribution in [2.45, 2.75) is 46.1 Å². The molecule has 1 aliphatic rings. The number of rotatable bonds is 5. The van der Waals surface area contributed by atoms with Crippen LogP contribution in [0.15, 0.2) is 24.3 Å². The van der Waals surface area contributed by atoms with Crippen molar-refractivity contribution in [3.8, 4) is 0 Å². The van der Waals surface area contributed by atoms with Crippen molar-refractivity contribution in [2.24, 2.45) is 5.41 Å². The molecule has 1 atom stereocenters. The highest BCUT2D eigenvalue weighted by atomic mass is 16.4. The molecule has 3 heteroatoms. The van der Waals surface area contributed by atoms with Crippen molar-refractivity contribution in [1.82, 2.24) is 4.90 Å². The minimum atomic E-state index is -0.633. The lowest BCUT2D eigenvalue weighted by Gasteiger charge is -2.39. The van der Waals surface area contributed by atoms with Gasteiger partial charge >= 0.3 is 5.97 Å². The number of likely N-dealkylation sites (tertiary alicyclic amines) is 1. The number of aryl methyl sites for hydroxylation is 1. The van der Waals surface area contributed by atoms with Gasteiger partial charge in [-0.25, -0.2) is 0 Å². The van der Waals surface area contributed by atoms with Crippen molar-refractivity contribution >= 4 is 5.97 Å². The van der Waals surface area contributed by atoms with Crippen molar-refractivity contribution < 1.29 is 9.90 Å².